The van der Waals surface area contributed by atoms with E-state index in [1.165, 1.54) is 19.3 Å². The zero-order valence-corrected chi connectivity index (χ0v) is 13.2. The quantitative estimate of drug-likeness (QED) is 0.896. The van der Waals surface area contributed by atoms with Gasteiger partial charge in [0, 0.05) is 23.7 Å². The van der Waals surface area contributed by atoms with Gasteiger partial charge < -0.3 is 11.1 Å². The molecular weight excluding hydrogens is 286 g/mol. The van der Waals surface area contributed by atoms with E-state index < -0.39 is 0 Å². The van der Waals surface area contributed by atoms with Crippen LogP contribution >= 0.6 is 0 Å². The molecule has 0 spiro atoms. The number of fused-ring (bicyclic) bond motifs is 3. The predicted molar refractivity (Wildman–Crippen MR) is 91.0 cm³/mol. The lowest BCUT2D eigenvalue weighted by Gasteiger charge is -2.45. The van der Waals surface area contributed by atoms with E-state index in [9.17, 15) is 4.79 Å². The van der Waals surface area contributed by atoms with E-state index in [-0.39, 0.29) is 11.9 Å². The zero-order valence-electron chi connectivity index (χ0n) is 13.2. The van der Waals surface area contributed by atoms with Crippen molar-refractivity contribution >= 4 is 16.7 Å². The Bertz CT molecular complexity index is 710. The average Bonchev–Trinajstić information content (AvgIpc) is 2.55. The van der Waals surface area contributed by atoms with Crippen molar-refractivity contribution < 1.29 is 4.79 Å². The predicted octanol–water partition coefficient (Wildman–Crippen LogP) is 2.87. The van der Waals surface area contributed by atoms with Crippen LogP contribution in [0.15, 0.2) is 36.5 Å². The molecule has 1 amide bonds. The average molecular weight is 309 g/mol. The molecule has 4 nitrogen and oxygen atoms in total. The summed E-state index contributed by atoms with van der Waals surface area (Å²) in [5.41, 5.74) is 6.72. The molecule has 2 atom stereocenters. The van der Waals surface area contributed by atoms with Crippen LogP contribution in [-0.2, 0) is 0 Å². The molecule has 2 aliphatic carbocycles. The Balaban J connectivity index is 1.60. The molecule has 0 aliphatic heterocycles. The zero-order chi connectivity index (χ0) is 15.8. The SMILES string of the molecule is NC1CC2CCCC(C1)C2NC(=O)c1nccc2ccccc12. The molecule has 2 saturated carbocycles. The van der Waals surface area contributed by atoms with Crippen LogP contribution in [0.3, 0.4) is 0 Å². The van der Waals surface area contributed by atoms with E-state index in [1.807, 2.05) is 30.3 Å². The number of amides is 1. The van der Waals surface area contributed by atoms with Crippen LogP contribution in [-0.4, -0.2) is 23.0 Å². The van der Waals surface area contributed by atoms with Gasteiger partial charge in [-0.1, -0.05) is 30.7 Å². The lowest BCUT2D eigenvalue weighted by atomic mass is 9.67. The van der Waals surface area contributed by atoms with Gasteiger partial charge in [0.15, 0.2) is 0 Å². The van der Waals surface area contributed by atoms with Crippen LogP contribution in [0.1, 0.15) is 42.6 Å². The Morgan fingerprint density at radius 1 is 1.13 bits per heavy atom. The first-order valence-corrected chi connectivity index (χ1v) is 8.62. The van der Waals surface area contributed by atoms with Gasteiger partial charge in [0.2, 0.25) is 0 Å². The molecule has 0 radical (unpaired) electrons. The van der Waals surface area contributed by atoms with Crippen molar-refractivity contribution in [1.82, 2.24) is 10.3 Å². The monoisotopic (exact) mass is 309 g/mol. The summed E-state index contributed by atoms with van der Waals surface area (Å²) in [4.78, 5) is 17.2. The molecule has 4 rings (SSSR count). The summed E-state index contributed by atoms with van der Waals surface area (Å²) in [5, 5.41) is 5.27. The third kappa shape index (κ3) is 2.72. The van der Waals surface area contributed by atoms with Crippen molar-refractivity contribution in [2.75, 3.05) is 0 Å². The molecule has 23 heavy (non-hydrogen) atoms. The molecule has 2 unspecified atom stereocenters. The minimum Gasteiger partial charge on any atom is -0.347 e. The van der Waals surface area contributed by atoms with E-state index in [0.717, 1.165) is 23.6 Å². The van der Waals surface area contributed by atoms with Crippen molar-refractivity contribution in [3.8, 4) is 0 Å². The first-order chi connectivity index (χ1) is 11.2. The van der Waals surface area contributed by atoms with Gasteiger partial charge in [-0.15, -0.1) is 0 Å². The van der Waals surface area contributed by atoms with E-state index in [4.69, 9.17) is 5.73 Å². The van der Waals surface area contributed by atoms with E-state index in [2.05, 4.69) is 10.3 Å². The number of carbonyl (C=O) groups excluding carboxylic acids is 1. The van der Waals surface area contributed by atoms with Crippen molar-refractivity contribution in [2.24, 2.45) is 17.6 Å². The van der Waals surface area contributed by atoms with Crippen LogP contribution in [0.25, 0.3) is 10.8 Å². The maximum Gasteiger partial charge on any atom is 0.270 e. The highest BCUT2D eigenvalue weighted by Crippen LogP contribution is 2.39. The van der Waals surface area contributed by atoms with Crippen molar-refractivity contribution in [3.63, 3.8) is 0 Å². The summed E-state index contributed by atoms with van der Waals surface area (Å²) in [6.45, 7) is 0. The van der Waals surface area contributed by atoms with Gasteiger partial charge in [0.05, 0.1) is 0 Å². The second-order valence-corrected chi connectivity index (χ2v) is 7.06. The largest absolute Gasteiger partial charge is 0.347 e. The summed E-state index contributed by atoms with van der Waals surface area (Å²) in [5.74, 6) is 1.01. The number of pyridine rings is 1. The number of carbonyl (C=O) groups is 1. The summed E-state index contributed by atoms with van der Waals surface area (Å²) in [7, 11) is 0. The smallest absolute Gasteiger partial charge is 0.270 e. The van der Waals surface area contributed by atoms with Gasteiger partial charge in [0.25, 0.3) is 5.91 Å². The Kier molecular flexibility index (Phi) is 3.77. The second kappa shape index (κ2) is 5.93. The molecule has 2 bridgehead atoms. The first kappa shape index (κ1) is 14.6. The first-order valence-electron chi connectivity index (χ1n) is 8.62. The van der Waals surface area contributed by atoms with Crippen molar-refractivity contribution in [3.05, 3.63) is 42.2 Å². The highest BCUT2D eigenvalue weighted by molar-refractivity contribution is 6.05. The molecule has 2 aromatic rings. The Morgan fingerprint density at radius 2 is 1.87 bits per heavy atom. The van der Waals surface area contributed by atoms with E-state index >= 15 is 0 Å². The van der Waals surface area contributed by atoms with Gasteiger partial charge in [-0.2, -0.15) is 0 Å². The van der Waals surface area contributed by atoms with E-state index in [0.29, 0.717) is 23.6 Å². The third-order valence-electron chi connectivity index (χ3n) is 5.56. The van der Waals surface area contributed by atoms with Crippen LogP contribution in [0.2, 0.25) is 0 Å². The lowest BCUT2D eigenvalue weighted by Crippen LogP contribution is -2.53. The Labute approximate surface area is 136 Å². The minimum atomic E-state index is -0.0424. The van der Waals surface area contributed by atoms with E-state index in [1.54, 1.807) is 6.20 Å². The fourth-order valence-electron chi connectivity index (χ4n) is 4.55. The van der Waals surface area contributed by atoms with Gasteiger partial charge in [-0.3, -0.25) is 9.78 Å². The fourth-order valence-corrected chi connectivity index (χ4v) is 4.55. The number of benzene rings is 1. The Morgan fingerprint density at radius 3 is 2.65 bits per heavy atom. The molecule has 3 N–H and O–H groups in total. The maximum absolute atomic E-state index is 12.8. The number of hydrogen-bond donors (Lipinski definition) is 2. The maximum atomic E-state index is 12.8. The van der Waals surface area contributed by atoms with Gasteiger partial charge >= 0.3 is 0 Å². The number of nitrogens with one attached hydrogen (secondary N) is 1. The highest BCUT2D eigenvalue weighted by atomic mass is 16.2. The van der Waals surface area contributed by atoms with Crippen LogP contribution in [0.5, 0.6) is 0 Å². The topological polar surface area (TPSA) is 68.0 Å². The lowest BCUT2D eigenvalue weighted by molar-refractivity contribution is 0.0753. The van der Waals surface area contributed by atoms with Gasteiger partial charge in [-0.05, 0) is 49.0 Å². The number of aromatic nitrogens is 1. The van der Waals surface area contributed by atoms with Crippen molar-refractivity contribution in [2.45, 2.75) is 44.2 Å². The normalized spacial score (nSPS) is 30.1. The summed E-state index contributed by atoms with van der Waals surface area (Å²) >= 11 is 0. The number of hydrogen-bond acceptors (Lipinski definition) is 3. The molecule has 120 valence electrons. The van der Waals surface area contributed by atoms with Gasteiger partial charge in [0.1, 0.15) is 5.69 Å². The van der Waals surface area contributed by atoms with Crippen LogP contribution < -0.4 is 11.1 Å². The molecular formula is C19H23N3O. The number of nitrogens with two attached hydrogens (primary N) is 1. The Hall–Kier alpha value is -1.94. The summed E-state index contributed by atoms with van der Waals surface area (Å²) in [6, 6.07) is 10.4. The number of nitrogens with zero attached hydrogens (tertiary/aromatic N) is 1. The second-order valence-electron chi connectivity index (χ2n) is 7.06. The molecule has 1 aromatic heterocycles. The van der Waals surface area contributed by atoms with Gasteiger partial charge in [-0.25, -0.2) is 0 Å². The van der Waals surface area contributed by atoms with Crippen LogP contribution in [0, 0.1) is 11.8 Å². The molecule has 2 fully saturated rings. The molecule has 1 aromatic carbocycles. The summed E-state index contributed by atoms with van der Waals surface area (Å²) < 4.78 is 0. The van der Waals surface area contributed by atoms with Crippen molar-refractivity contribution in [1.29, 1.82) is 0 Å². The summed E-state index contributed by atoms with van der Waals surface area (Å²) in [6.07, 6.45) is 7.40. The molecule has 4 heteroatoms. The molecule has 2 aliphatic rings. The minimum absolute atomic E-state index is 0.0424. The third-order valence-corrected chi connectivity index (χ3v) is 5.56. The molecule has 0 saturated heterocycles. The highest BCUT2D eigenvalue weighted by Gasteiger charge is 2.40. The van der Waals surface area contributed by atoms with Crippen LogP contribution in [0.4, 0.5) is 0 Å². The molecule has 1 heterocycles. The number of rotatable bonds is 2. The fraction of sp³-hybridized carbons (Fsp3) is 0.474. The standard InChI is InChI=1S/C19H23N3O/c20-15-10-13-5-3-6-14(11-15)17(13)22-19(23)18-16-7-2-1-4-12(16)8-9-21-18/h1-2,4,7-9,13-15,17H,3,5-6,10-11,20H2,(H,22,23).